The molecule has 0 aliphatic heterocycles. The fourth-order valence-electron chi connectivity index (χ4n) is 0.946. The summed E-state index contributed by atoms with van der Waals surface area (Å²) in [4.78, 5) is 0. The summed E-state index contributed by atoms with van der Waals surface area (Å²) in [5, 5.41) is 0. The van der Waals surface area contributed by atoms with E-state index in [-0.39, 0.29) is 5.82 Å². The van der Waals surface area contributed by atoms with E-state index >= 15 is 0 Å². The van der Waals surface area contributed by atoms with Gasteiger partial charge in [0, 0.05) is 6.54 Å². The first-order valence-corrected chi connectivity index (χ1v) is 4.75. The summed E-state index contributed by atoms with van der Waals surface area (Å²) < 4.78 is 13.3. The third kappa shape index (κ3) is 2.94. The number of nitrogens with two attached hydrogens (primary N) is 1. The lowest BCUT2D eigenvalue weighted by Gasteiger charge is -1.99. The molecule has 1 nitrogen and oxygen atoms in total. The lowest BCUT2D eigenvalue weighted by molar-refractivity contribution is 0.621. The molecule has 0 fully saturated rings. The van der Waals surface area contributed by atoms with Crippen molar-refractivity contribution in [2.75, 3.05) is 6.54 Å². The van der Waals surface area contributed by atoms with Crippen LogP contribution in [0, 0.1) is 5.82 Å². The molecule has 0 atom stereocenters. The molecule has 0 aliphatic carbocycles. The third-order valence-electron chi connectivity index (χ3n) is 1.68. The van der Waals surface area contributed by atoms with Crippen LogP contribution in [0.4, 0.5) is 4.39 Å². The lowest BCUT2D eigenvalue weighted by atomic mass is 10.1. The zero-order valence-electron chi connectivity index (χ0n) is 7.35. The Morgan fingerprint density at radius 2 is 2.31 bits per heavy atom. The van der Waals surface area contributed by atoms with Crippen LogP contribution >= 0.6 is 15.9 Å². The van der Waals surface area contributed by atoms with Crippen molar-refractivity contribution in [3.05, 3.63) is 39.6 Å². The number of benzene rings is 1. The largest absolute Gasteiger partial charge is 0.327 e. The minimum Gasteiger partial charge on any atom is -0.327 e. The average molecular weight is 244 g/mol. The van der Waals surface area contributed by atoms with Gasteiger partial charge in [0.05, 0.1) is 4.47 Å². The second kappa shape index (κ2) is 4.53. The van der Waals surface area contributed by atoms with Crippen LogP contribution in [0.2, 0.25) is 0 Å². The van der Waals surface area contributed by atoms with Crippen molar-refractivity contribution >= 4 is 22.0 Å². The van der Waals surface area contributed by atoms with E-state index in [1.54, 1.807) is 12.1 Å². The van der Waals surface area contributed by atoms with Gasteiger partial charge in [-0.15, -0.1) is 0 Å². The Kier molecular flexibility index (Phi) is 3.63. The first-order chi connectivity index (χ1) is 6.13. The van der Waals surface area contributed by atoms with Crippen molar-refractivity contribution in [2.24, 2.45) is 5.73 Å². The molecule has 3 heteroatoms. The highest BCUT2D eigenvalue weighted by Crippen LogP contribution is 2.18. The van der Waals surface area contributed by atoms with Gasteiger partial charge in [-0.3, -0.25) is 0 Å². The maximum absolute atomic E-state index is 12.8. The minimum absolute atomic E-state index is 0.248. The fraction of sp³-hybridized carbons (Fsp3) is 0.200. The Morgan fingerprint density at radius 1 is 1.62 bits per heavy atom. The molecule has 0 aliphatic rings. The van der Waals surface area contributed by atoms with Crippen molar-refractivity contribution in [3.8, 4) is 0 Å². The van der Waals surface area contributed by atoms with E-state index in [0.717, 1.165) is 11.1 Å². The van der Waals surface area contributed by atoms with E-state index in [2.05, 4.69) is 15.9 Å². The van der Waals surface area contributed by atoms with Gasteiger partial charge in [-0.1, -0.05) is 17.7 Å². The van der Waals surface area contributed by atoms with E-state index in [9.17, 15) is 4.39 Å². The van der Waals surface area contributed by atoms with E-state index in [4.69, 9.17) is 5.73 Å². The molecular formula is C10H11BrFN. The van der Waals surface area contributed by atoms with Gasteiger partial charge in [-0.05, 0) is 40.5 Å². The average Bonchev–Trinajstić information content (AvgIpc) is 2.11. The second-order valence-electron chi connectivity index (χ2n) is 2.87. The van der Waals surface area contributed by atoms with E-state index < -0.39 is 0 Å². The topological polar surface area (TPSA) is 26.0 Å². The molecule has 0 bridgehead atoms. The molecule has 0 radical (unpaired) electrons. The van der Waals surface area contributed by atoms with Crippen LogP contribution < -0.4 is 5.73 Å². The highest BCUT2D eigenvalue weighted by atomic mass is 79.9. The SMILES string of the molecule is CC(=Cc1ccc(F)c(Br)c1)CN. The molecule has 0 saturated heterocycles. The Labute approximate surface area is 85.6 Å². The lowest BCUT2D eigenvalue weighted by Crippen LogP contribution is -1.99. The van der Waals surface area contributed by atoms with Crippen LogP contribution in [0.3, 0.4) is 0 Å². The van der Waals surface area contributed by atoms with Crippen LogP contribution in [-0.2, 0) is 0 Å². The van der Waals surface area contributed by atoms with Crippen LogP contribution in [0.25, 0.3) is 6.08 Å². The summed E-state index contributed by atoms with van der Waals surface area (Å²) in [6.07, 6.45) is 1.93. The van der Waals surface area contributed by atoms with Crippen LogP contribution in [0.15, 0.2) is 28.2 Å². The van der Waals surface area contributed by atoms with Crippen molar-refractivity contribution in [2.45, 2.75) is 6.92 Å². The minimum atomic E-state index is -0.248. The molecule has 1 rings (SSSR count). The highest BCUT2D eigenvalue weighted by Gasteiger charge is 1.98. The summed E-state index contributed by atoms with van der Waals surface area (Å²) in [6.45, 7) is 2.46. The molecule has 13 heavy (non-hydrogen) atoms. The first-order valence-electron chi connectivity index (χ1n) is 3.96. The Bertz CT molecular complexity index is 334. The maximum atomic E-state index is 12.8. The summed E-state index contributed by atoms with van der Waals surface area (Å²) in [6, 6.07) is 4.88. The molecule has 0 spiro atoms. The molecule has 0 unspecified atom stereocenters. The van der Waals surface area contributed by atoms with E-state index in [0.29, 0.717) is 11.0 Å². The smallest absolute Gasteiger partial charge is 0.137 e. The Balaban J connectivity index is 2.98. The van der Waals surface area contributed by atoms with Crippen LogP contribution in [-0.4, -0.2) is 6.54 Å². The molecule has 2 N–H and O–H groups in total. The summed E-state index contributed by atoms with van der Waals surface area (Å²) in [5.41, 5.74) is 7.46. The number of rotatable bonds is 2. The van der Waals surface area contributed by atoms with Gasteiger partial charge in [-0.25, -0.2) is 4.39 Å². The molecule has 0 amide bonds. The molecule has 1 aromatic carbocycles. The zero-order chi connectivity index (χ0) is 9.84. The van der Waals surface area contributed by atoms with Gasteiger partial charge in [0.25, 0.3) is 0 Å². The van der Waals surface area contributed by atoms with Crippen molar-refractivity contribution in [3.63, 3.8) is 0 Å². The Morgan fingerprint density at radius 3 is 2.85 bits per heavy atom. The van der Waals surface area contributed by atoms with Crippen molar-refractivity contribution in [1.82, 2.24) is 0 Å². The number of hydrogen-bond donors (Lipinski definition) is 1. The highest BCUT2D eigenvalue weighted by molar-refractivity contribution is 9.10. The van der Waals surface area contributed by atoms with Gasteiger partial charge in [0.2, 0.25) is 0 Å². The van der Waals surface area contributed by atoms with Gasteiger partial charge >= 0.3 is 0 Å². The van der Waals surface area contributed by atoms with Crippen molar-refractivity contribution < 1.29 is 4.39 Å². The molecule has 0 heterocycles. The molecule has 0 saturated carbocycles. The van der Waals surface area contributed by atoms with Gasteiger partial charge in [-0.2, -0.15) is 0 Å². The van der Waals surface area contributed by atoms with Gasteiger partial charge in [0.15, 0.2) is 0 Å². The summed E-state index contributed by atoms with van der Waals surface area (Å²) in [5.74, 6) is -0.248. The van der Waals surface area contributed by atoms with Gasteiger partial charge < -0.3 is 5.73 Å². The molecular weight excluding hydrogens is 233 g/mol. The van der Waals surface area contributed by atoms with Crippen molar-refractivity contribution in [1.29, 1.82) is 0 Å². The predicted octanol–water partition coefficient (Wildman–Crippen LogP) is 2.95. The second-order valence-corrected chi connectivity index (χ2v) is 3.72. The first kappa shape index (κ1) is 10.4. The monoisotopic (exact) mass is 243 g/mol. The standard InChI is InChI=1S/C10H11BrFN/c1-7(6-13)4-8-2-3-10(12)9(11)5-8/h2-5H,6,13H2,1H3. The number of halogens is 2. The van der Waals surface area contributed by atoms with E-state index in [1.165, 1.54) is 6.07 Å². The summed E-state index contributed by atoms with van der Waals surface area (Å²) >= 11 is 3.12. The van der Waals surface area contributed by atoms with Crippen LogP contribution in [0.1, 0.15) is 12.5 Å². The predicted molar refractivity (Wildman–Crippen MR) is 56.8 cm³/mol. The normalized spacial score (nSPS) is 11.8. The van der Waals surface area contributed by atoms with E-state index in [1.807, 2.05) is 13.0 Å². The molecule has 70 valence electrons. The zero-order valence-corrected chi connectivity index (χ0v) is 8.94. The quantitative estimate of drug-likeness (QED) is 0.850. The molecule has 0 aromatic heterocycles. The summed E-state index contributed by atoms with van der Waals surface area (Å²) in [7, 11) is 0. The van der Waals surface area contributed by atoms with Crippen LogP contribution in [0.5, 0.6) is 0 Å². The molecule has 1 aromatic rings. The third-order valence-corrected chi connectivity index (χ3v) is 2.29. The van der Waals surface area contributed by atoms with Gasteiger partial charge in [0.1, 0.15) is 5.82 Å². The Hall–Kier alpha value is -0.670. The maximum Gasteiger partial charge on any atom is 0.137 e. The number of hydrogen-bond acceptors (Lipinski definition) is 1. The fourth-order valence-corrected chi connectivity index (χ4v) is 1.34.